The first-order valence-electron chi connectivity index (χ1n) is 4.88. The van der Waals surface area contributed by atoms with Crippen molar-refractivity contribution in [3.05, 3.63) is 51.9 Å². The Kier molecular flexibility index (Phi) is 3.66. The lowest BCUT2D eigenvalue weighted by Crippen LogP contribution is -1.95. The zero-order chi connectivity index (χ0) is 13.1. The van der Waals surface area contributed by atoms with Gasteiger partial charge in [-0.1, -0.05) is 23.2 Å². The van der Waals surface area contributed by atoms with E-state index in [1.807, 2.05) is 6.07 Å². The number of pyridine rings is 1. The summed E-state index contributed by atoms with van der Waals surface area (Å²) in [6.07, 6.45) is 0. The fraction of sp³-hybridized carbons (Fsp3) is 0. The van der Waals surface area contributed by atoms with Crippen LogP contribution < -0.4 is 5.32 Å². The van der Waals surface area contributed by atoms with E-state index >= 15 is 0 Å². The van der Waals surface area contributed by atoms with Gasteiger partial charge >= 0.3 is 0 Å². The van der Waals surface area contributed by atoms with E-state index in [0.29, 0.717) is 17.1 Å². The van der Waals surface area contributed by atoms with E-state index in [1.54, 1.807) is 0 Å². The Bertz CT molecular complexity index is 638. The molecule has 6 heteroatoms. The van der Waals surface area contributed by atoms with Crippen molar-refractivity contribution in [1.29, 1.82) is 5.26 Å². The highest BCUT2D eigenvalue weighted by molar-refractivity contribution is 6.33. The van der Waals surface area contributed by atoms with Gasteiger partial charge in [0.2, 0.25) is 0 Å². The molecule has 90 valence electrons. The van der Waals surface area contributed by atoms with Crippen molar-refractivity contribution in [1.82, 2.24) is 4.98 Å². The number of nitriles is 1. The van der Waals surface area contributed by atoms with Gasteiger partial charge in [-0.25, -0.2) is 9.37 Å². The van der Waals surface area contributed by atoms with Crippen LogP contribution in [0.25, 0.3) is 0 Å². The van der Waals surface area contributed by atoms with Gasteiger partial charge in [0.15, 0.2) is 0 Å². The molecule has 1 aromatic carbocycles. The number of benzene rings is 1. The minimum absolute atomic E-state index is 0.190. The van der Waals surface area contributed by atoms with Crippen LogP contribution in [0, 0.1) is 17.1 Å². The number of nitrogens with one attached hydrogen (secondary N) is 1. The Balaban J connectivity index is 2.34. The lowest BCUT2D eigenvalue weighted by atomic mass is 10.2. The summed E-state index contributed by atoms with van der Waals surface area (Å²) >= 11 is 11.6. The highest BCUT2D eigenvalue weighted by atomic mass is 35.5. The molecule has 0 aliphatic carbocycles. The summed E-state index contributed by atoms with van der Waals surface area (Å²) in [5.74, 6) is -0.0603. The summed E-state index contributed by atoms with van der Waals surface area (Å²) in [6.45, 7) is 0. The molecular weight excluding hydrogens is 276 g/mol. The van der Waals surface area contributed by atoms with E-state index < -0.39 is 5.82 Å². The second-order valence-corrected chi connectivity index (χ2v) is 4.22. The summed E-state index contributed by atoms with van der Waals surface area (Å²) in [4.78, 5) is 3.99. The van der Waals surface area contributed by atoms with Gasteiger partial charge in [0.25, 0.3) is 0 Å². The molecule has 0 aliphatic rings. The maximum absolute atomic E-state index is 12.9. The highest BCUT2D eigenvalue weighted by Gasteiger charge is 2.05. The quantitative estimate of drug-likeness (QED) is 0.842. The Morgan fingerprint density at radius 2 is 2.00 bits per heavy atom. The minimum Gasteiger partial charge on any atom is -0.339 e. The van der Waals surface area contributed by atoms with Crippen LogP contribution in [0.4, 0.5) is 15.9 Å². The standard InChI is InChI=1S/C12H6Cl2FN3/c13-9-5-8(15)1-2-10(9)17-12-4-7(6-16)3-11(14)18-12/h1-5H,(H,17,18). The van der Waals surface area contributed by atoms with E-state index in [1.165, 1.54) is 30.3 Å². The van der Waals surface area contributed by atoms with E-state index in [9.17, 15) is 4.39 Å². The van der Waals surface area contributed by atoms with Crippen molar-refractivity contribution >= 4 is 34.7 Å². The van der Waals surface area contributed by atoms with Gasteiger partial charge in [-0.3, -0.25) is 0 Å². The van der Waals surface area contributed by atoms with Gasteiger partial charge in [-0.05, 0) is 30.3 Å². The predicted octanol–water partition coefficient (Wildman–Crippen LogP) is 4.14. The van der Waals surface area contributed by atoms with E-state index in [2.05, 4.69) is 10.3 Å². The maximum Gasteiger partial charge on any atom is 0.133 e. The Morgan fingerprint density at radius 3 is 2.67 bits per heavy atom. The molecule has 1 N–H and O–H groups in total. The normalized spacial score (nSPS) is 9.89. The lowest BCUT2D eigenvalue weighted by molar-refractivity contribution is 0.628. The average Bonchev–Trinajstić information content (AvgIpc) is 2.32. The van der Waals surface area contributed by atoms with Gasteiger partial charge in [0.05, 0.1) is 22.3 Å². The molecule has 0 amide bonds. The molecule has 2 rings (SSSR count). The zero-order valence-electron chi connectivity index (χ0n) is 8.92. The number of rotatable bonds is 2. The Labute approximate surface area is 113 Å². The minimum atomic E-state index is -0.428. The van der Waals surface area contributed by atoms with Crippen molar-refractivity contribution < 1.29 is 4.39 Å². The first kappa shape index (κ1) is 12.6. The zero-order valence-corrected chi connectivity index (χ0v) is 10.4. The molecule has 0 saturated carbocycles. The van der Waals surface area contributed by atoms with Crippen LogP contribution in [0.5, 0.6) is 0 Å². The van der Waals surface area contributed by atoms with E-state index in [-0.39, 0.29) is 10.2 Å². The van der Waals surface area contributed by atoms with E-state index in [4.69, 9.17) is 28.5 Å². The Morgan fingerprint density at radius 1 is 1.22 bits per heavy atom. The van der Waals surface area contributed by atoms with Crippen molar-refractivity contribution in [2.45, 2.75) is 0 Å². The third-order valence-electron chi connectivity index (χ3n) is 2.12. The van der Waals surface area contributed by atoms with Crippen LogP contribution in [0.2, 0.25) is 10.2 Å². The van der Waals surface area contributed by atoms with Gasteiger partial charge < -0.3 is 5.32 Å². The predicted molar refractivity (Wildman–Crippen MR) is 68.7 cm³/mol. The van der Waals surface area contributed by atoms with Crippen LogP contribution in [0.15, 0.2) is 30.3 Å². The van der Waals surface area contributed by atoms with Crippen molar-refractivity contribution in [3.8, 4) is 6.07 Å². The van der Waals surface area contributed by atoms with Crippen molar-refractivity contribution in [3.63, 3.8) is 0 Å². The molecule has 2 aromatic rings. The first-order valence-corrected chi connectivity index (χ1v) is 5.64. The molecule has 0 bridgehead atoms. The molecule has 3 nitrogen and oxygen atoms in total. The number of nitrogens with zero attached hydrogens (tertiary/aromatic N) is 2. The summed E-state index contributed by atoms with van der Waals surface area (Å²) in [6, 6.07) is 8.85. The molecule has 0 saturated heterocycles. The van der Waals surface area contributed by atoms with Gasteiger partial charge in [-0.2, -0.15) is 5.26 Å². The fourth-order valence-corrected chi connectivity index (χ4v) is 1.78. The molecule has 0 spiro atoms. The number of anilines is 2. The molecule has 18 heavy (non-hydrogen) atoms. The van der Waals surface area contributed by atoms with Gasteiger partial charge in [-0.15, -0.1) is 0 Å². The first-order chi connectivity index (χ1) is 8.58. The molecule has 0 atom stereocenters. The van der Waals surface area contributed by atoms with Gasteiger partial charge in [0, 0.05) is 0 Å². The molecular formula is C12H6Cl2FN3. The second kappa shape index (κ2) is 5.21. The topological polar surface area (TPSA) is 48.7 Å². The Hall–Kier alpha value is -1.83. The summed E-state index contributed by atoms with van der Waals surface area (Å²) in [7, 11) is 0. The monoisotopic (exact) mass is 281 g/mol. The smallest absolute Gasteiger partial charge is 0.133 e. The molecule has 0 aliphatic heterocycles. The number of halogens is 3. The summed E-state index contributed by atoms with van der Waals surface area (Å²) in [5, 5.41) is 12.1. The second-order valence-electron chi connectivity index (χ2n) is 3.42. The third-order valence-corrected chi connectivity index (χ3v) is 2.62. The number of hydrogen-bond acceptors (Lipinski definition) is 3. The van der Waals surface area contributed by atoms with E-state index in [0.717, 1.165) is 0 Å². The highest BCUT2D eigenvalue weighted by Crippen LogP contribution is 2.26. The largest absolute Gasteiger partial charge is 0.339 e. The van der Waals surface area contributed by atoms with Crippen molar-refractivity contribution in [2.75, 3.05) is 5.32 Å². The summed E-state index contributed by atoms with van der Waals surface area (Å²) < 4.78 is 12.9. The van der Waals surface area contributed by atoms with Crippen LogP contribution >= 0.6 is 23.2 Å². The summed E-state index contributed by atoms with van der Waals surface area (Å²) in [5.41, 5.74) is 0.854. The van der Waals surface area contributed by atoms with Gasteiger partial charge in [0.1, 0.15) is 16.8 Å². The molecule has 1 heterocycles. The SMILES string of the molecule is N#Cc1cc(Cl)nc(Nc2ccc(F)cc2Cl)c1. The lowest BCUT2D eigenvalue weighted by Gasteiger charge is -2.08. The van der Waals surface area contributed by atoms with Crippen LogP contribution in [-0.2, 0) is 0 Å². The number of aromatic nitrogens is 1. The maximum atomic E-state index is 12.9. The molecule has 1 aromatic heterocycles. The average molecular weight is 282 g/mol. The van der Waals surface area contributed by atoms with Crippen LogP contribution in [-0.4, -0.2) is 4.98 Å². The molecule has 0 radical (unpaired) electrons. The molecule has 0 unspecified atom stereocenters. The fourth-order valence-electron chi connectivity index (χ4n) is 1.35. The van der Waals surface area contributed by atoms with Crippen LogP contribution in [0.1, 0.15) is 5.56 Å². The third kappa shape index (κ3) is 2.89. The molecule has 0 fully saturated rings. The van der Waals surface area contributed by atoms with Crippen molar-refractivity contribution in [2.24, 2.45) is 0 Å². The number of hydrogen-bond donors (Lipinski definition) is 1. The van der Waals surface area contributed by atoms with Crippen LogP contribution in [0.3, 0.4) is 0 Å².